The van der Waals surface area contributed by atoms with Crippen molar-refractivity contribution < 1.29 is 29.5 Å². The summed E-state index contributed by atoms with van der Waals surface area (Å²) in [4.78, 5) is 21.5. The second-order valence-electron chi connectivity index (χ2n) is 4.57. The van der Waals surface area contributed by atoms with Gasteiger partial charge in [-0.3, -0.25) is 9.59 Å². The molecule has 0 aromatic rings. The molecule has 0 bridgehead atoms. The fourth-order valence-corrected chi connectivity index (χ4v) is 4.24. The van der Waals surface area contributed by atoms with Crippen molar-refractivity contribution in [3.8, 4) is 0 Å². The smallest absolute Gasteiger partial charge is 0.307 e. The van der Waals surface area contributed by atoms with Crippen LogP contribution in [0.25, 0.3) is 0 Å². The van der Waals surface area contributed by atoms with E-state index < -0.39 is 31.1 Å². The number of rotatable bonds is 8. The minimum Gasteiger partial charge on any atom is -0.481 e. The zero-order valence-electron chi connectivity index (χ0n) is 9.39. The molecule has 0 saturated heterocycles. The molecule has 6 nitrogen and oxygen atoms in total. The van der Waals surface area contributed by atoms with Crippen molar-refractivity contribution >= 4 is 19.7 Å². The van der Waals surface area contributed by atoms with Crippen molar-refractivity contribution in [2.75, 3.05) is 18.9 Å². The molecule has 0 radical (unpaired) electrons. The van der Waals surface area contributed by atoms with Gasteiger partial charge in [0.25, 0.3) is 0 Å². The molecule has 98 valence electrons. The van der Waals surface area contributed by atoms with Gasteiger partial charge in [0.15, 0.2) is 0 Å². The molecule has 7 heteroatoms. The van der Waals surface area contributed by atoms with E-state index in [2.05, 4.69) is 0 Å². The zero-order valence-corrected chi connectivity index (χ0v) is 10.4. The normalized spacial score (nSPS) is 28.6. The van der Waals surface area contributed by atoms with Crippen LogP contribution in [0.5, 0.6) is 0 Å². The number of carbonyl (C=O) groups is 2. The molecule has 1 fully saturated rings. The highest BCUT2D eigenvalue weighted by Gasteiger charge is 2.59. The van der Waals surface area contributed by atoms with Crippen molar-refractivity contribution in [2.45, 2.75) is 19.3 Å². The highest BCUT2D eigenvalue weighted by Crippen LogP contribution is 2.59. The van der Waals surface area contributed by atoms with E-state index in [1.54, 1.807) is 0 Å². The van der Waals surface area contributed by atoms with Crippen molar-refractivity contribution in [1.82, 2.24) is 0 Å². The van der Waals surface area contributed by atoms with Gasteiger partial charge >= 0.3 is 11.9 Å². The van der Waals surface area contributed by atoms with Gasteiger partial charge in [0.2, 0.25) is 0 Å². The molecule has 0 aromatic carbocycles. The molecule has 3 N–H and O–H groups in total. The summed E-state index contributed by atoms with van der Waals surface area (Å²) in [7, 11) is -1.99. The number of hydrogen-bond acceptors (Lipinski definition) is 4. The van der Waals surface area contributed by atoms with Crippen molar-refractivity contribution in [3.05, 3.63) is 0 Å². The number of hydrogen-bond donors (Lipinski definition) is 3. The van der Waals surface area contributed by atoms with Crippen LogP contribution in [-0.4, -0.2) is 46.2 Å². The van der Waals surface area contributed by atoms with Gasteiger partial charge in [0, 0.05) is 24.3 Å². The second kappa shape index (κ2) is 5.65. The molecular weight excluding hydrogens is 247 g/mol. The van der Waals surface area contributed by atoms with Crippen LogP contribution in [0, 0.1) is 11.3 Å². The summed E-state index contributed by atoms with van der Waals surface area (Å²) >= 11 is 0. The topological polar surface area (TPSA) is 112 Å². The Morgan fingerprint density at radius 1 is 1.35 bits per heavy atom. The maximum absolute atomic E-state index is 11.7. The van der Waals surface area contributed by atoms with Gasteiger partial charge in [-0.2, -0.15) is 0 Å². The average Bonchev–Trinajstić information content (AvgIpc) is 2.88. The Bertz CT molecular complexity index is 342. The maximum atomic E-state index is 11.7. The molecule has 1 aliphatic carbocycles. The van der Waals surface area contributed by atoms with Crippen molar-refractivity contribution in [3.63, 3.8) is 0 Å². The van der Waals surface area contributed by atoms with E-state index >= 15 is 0 Å². The average molecular weight is 264 g/mol. The van der Waals surface area contributed by atoms with Gasteiger partial charge in [0.1, 0.15) is 0 Å². The Labute approximate surface area is 99.4 Å². The van der Waals surface area contributed by atoms with Crippen LogP contribution in [0.15, 0.2) is 0 Å². The standard InChI is InChI=1S/C10H17O6P/c11-2-1-3-17(16)6-10(5-8(12)13)4-7(10)9(14)15/h7,11,17H,1-6H2,(H,12,13)(H,14,15). The number of aliphatic hydroxyl groups is 1. The van der Waals surface area contributed by atoms with E-state index in [0.29, 0.717) is 19.0 Å². The lowest BCUT2D eigenvalue weighted by Crippen LogP contribution is -2.18. The summed E-state index contributed by atoms with van der Waals surface area (Å²) in [5.74, 6) is -2.74. The lowest BCUT2D eigenvalue weighted by atomic mass is 10.0. The fourth-order valence-electron chi connectivity index (χ4n) is 2.21. The Morgan fingerprint density at radius 3 is 2.41 bits per heavy atom. The molecule has 0 spiro atoms. The van der Waals surface area contributed by atoms with Gasteiger partial charge < -0.3 is 19.9 Å². The first-order chi connectivity index (χ1) is 7.91. The third-order valence-electron chi connectivity index (χ3n) is 3.15. The SMILES string of the molecule is O=C(O)CC1(C[PH](=O)CCCO)CC1C(=O)O. The van der Waals surface area contributed by atoms with E-state index in [1.165, 1.54) is 0 Å². The van der Waals surface area contributed by atoms with E-state index in [9.17, 15) is 14.2 Å². The molecule has 1 rings (SSSR count). The molecule has 1 aliphatic rings. The van der Waals surface area contributed by atoms with Gasteiger partial charge in [-0.05, 0) is 12.8 Å². The van der Waals surface area contributed by atoms with Crippen LogP contribution in [0.4, 0.5) is 0 Å². The Kier molecular flexibility index (Phi) is 4.71. The molecule has 3 atom stereocenters. The molecule has 0 heterocycles. The number of aliphatic hydroxyl groups excluding tert-OH is 1. The number of aliphatic carboxylic acids is 2. The summed E-state index contributed by atoms with van der Waals surface area (Å²) in [5.41, 5.74) is -0.816. The highest BCUT2D eigenvalue weighted by atomic mass is 31.1. The molecule has 1 saturated carbocycles. The van der Waals surface area contributed by atoms with Crippen LogP contribution >= 0.6 is 7.80 Å². The molecule has 0 amide bonds. The van der Waals surface area contributed by atoms with Crippen LogP contribution in [0.3, 0.4) is 0 Å². The van der Waals surface area contributed by atoms with Crippen molar-refractivity contribution in [2.24, 2.45) is 11.3 Å². The first-order valence-electron chi connectivity index (χ1n) is 5.48. The number of carboxylic acids is 2. The molecule has 0 aromatic heterocycles. The summed E-state index contributed by atoms with van der Waals surface area (Å²) in [5, 5.41) is 26.2. The fraction of sp³-hybridized carbons (Fsp3) is 0.800. The lowest BCUT2D eigenvalue weighted by Gasteiger charge is -2.13. The first kappa shape index (κ1) is 14.2. The molecule has 17 heavy (non-hydrogen) atoms. The van der Waals surface area contributed by atoms with E-state index in [0.717, 1.165) is 0 Å². The van der Waals surface area contributed by atoms with E-state index in [-0.39, 0.29) is 19.2 Å². The predicted octanol–water partition coefficient (Wildman–Crippen LogP) is 0.494. The second-order valence-corrected chi connectivity index (χ2v) is 6.50. The van der Waals surface area contributed by atoms with Gasteiger partial charge in [-0.15, -0.1) is 0 Å². The maximum Gasteiger partial charge on any atom is 0.307 e. The van der Waals surface area contributed by atoms with Crippen LogP contribution in [-0.2, 0) is 14.2 Å². The Hall–Kier alpha value is -0.870. The third-order valence-corrected chi connectivity index (χ3v) is 5.16. The zero-order chi connectivity index (χ0) is 13.1. The van der Waals surface area contributed by atoms with Crippen LogP contribution in [0.1, 0.15) is 19.3 Å². The van der Waals surface area contributed by atoms with Crippen LogP contribution in [0.2, 0.25) is 0 Å². The molecular formula is C10H17O6P. The summed E-state index contributed by atoms with van der Waals surface area (Å²) in [6, 6.07) is 0. The lowest BCUT2D eigenvalue weighted by molar-refractivity contribution is -0.140. The molecule has 0 aliphatic heterocycles. The first-order valence-corrected chi connectivity index (χ1v) is 7.31. The summed E-state index contributed by atoms with van der Waals surface area (Å²) < 4.78 is 11.7. The van der Waals surface area contributed by atoms with Crippen LogP contribution < -0.4 is 0 Å². The minimum absolute atomic E-state index is 0.0509. The van der Waals surface area contributed by atoms with Gasteiger partial charge in [-0.25, -0.2) is 0 Å². The Balaban J connectivity index is 2.58. The largest absolute Gasteiger partial charge is 0.481 e. The molecule has 3 unspecified atom stereocenters. The predicted molar refractivity (Wildman–Crippen MR) is 60.9 cm³/mol. The summed E-state index contributed by atoms with van der Waals surface area (Å²) in [6.07, 6.45) is 0.998. The summed E-state index contributed by atoms with van der Waals surface area (Å²) in [6.45, 7) is -0.0509. The van der Waals surface area contributed by atoms with Gasteiger partial charge in [0.05, 0.1) is 20.1 Å². The monoisotopic (exact) mass is 264 g/mol. The van der Waals surface area contributed by atoms with E-state index in [4.69, 9.17) is 15.3 Å². The van der Waals surface area contributed by atoms with E-state index in [1.807, 2.05) is 0 Å². The number of carboxylic acid groups (broad SMARTS) is 2. The third kappa shape index (κ3) is 3.82. The van der Waals surface area contributed by atoms with Gasteiger partial charge in [-0.1, -0.05) is 0 Å². The Morgan fingerprint density at radius 2 is 2.00 bits per heavy atom. The highest BCUT2D eigenvalue weighted by molar-refractivity contribution is 7.44. The minimum atomic E-state index is -1.99. The quantitative estimate of drug-likeness (QED) is 0.550. The van der Waals surface area contributed by atoms with Crippen molar-refractivity contribution in [1.29, 1.82) is 0 Å².